The monoisotopic (exact) mass is 882 g/mol. The zero-order chi connectivity index (χ0) is 41.3. The van der Waals surface area contributed by atoms with E-state index in [2.05, 4.69) is 27.7 Å². The lowest BCUT2D eigenvalue weighted by Crippen LogP contribution is -3.00. The van der Waals surface area contributed by atoms with Crippen molar-refractivity contribution in [2.24, 2.45) is 0 Å². The fourth-order valence-corrected chi connectivity index (χ4v) is 9.82. The van der Waals surface area contributed by atoms with Crippen LogP contribution in [0.1, 0.15) is 336 Å². The summed E-state index contributed by atoms with van der Waals surface area (Å²) in [6, 6.07) is 0. The molecule has 1 nitrogen and oxygen atoms in total. The van der Waals surface area contributed by atoms with Gasteiger partial charge < -0.3 is 21.5 Å². The average Bonchev–Trinajstić information content (AvgIpc) is 3.22. The Bertz CT molecular complexity index is 575. The van der Waals surface area contributed by atoms with Gasteiger partial charge in [0, 0.05) is 0 Å². The lowest BCUT2D eigenvalue weighted by Gasteiger charge is -2.40. The van der Waals surface area contributed by atoms with Crippen molar-refractivity contribution >= 4 is 0 Å². The van der Waals surface area contributed by atoms with Gasteiger partial charge in [-0.2, -0.15) is 0 Å². The summed E-state index contributed by atoms with van der Waals surface area (Å²) in [5.74, 6) is 0. The van der Waals surface area contributed by atoms with E-state index in [1.165, 1.54) is 339 Å². The van der Waals surface area contributed by atoms with Crippen LogP contribution in [0.15, 0.2) is 0 Å². The van der Waals surface area contributed by atoms with Gasteiger partial charge in [-0.1, -0.05) is 285 Å². The summed E-state index contributed by atoms with van der Waals surface area (Å²) in [5.41, 5.74) is 0. The standard InChI is InChI=1S/C56H116N.BrH/c1-5-9-13-17-21-25-29-33-37-41-45-49-53-57(54-50-46-42-38-34-30-26-22-18-14-10-6-2,55-51-47-43-39-35-31-27-23-19-15-11-7-3)56-52-48-44-40-36-32-28-24-20-16-12-8-4;/h5-56H2,1-4H3;1H/q+1;/p-1. The van der Waals surface area contributed by atoms with Gasteiger partial charge in [0.15, 0.2) is 0 Å². The molecule has 0 spiro atoms. The highest BCUT2D eigenvalue weighted by atomic mass is 79.9. The third-order valence-corrected chi connectivity index (χ3v) is 13.9. The van der Waals surface area contributed by atoms with Crippen LogP contribution in [0.3, 0.4) is 0 Å². The van der Waals surface area contributed by atoms with Crippen LogP contribution in [0.5, 0.6) is 0 Å². The van der Waals surface area contributed by atoms with E-state index in [4.69, 9.17) is 0 Å². The van der Waals surface area contributed by atoms with E-state index in [9.17, 15) is 0 Å². The van der Waals surface area contributed by atoms with E-state index in [-0.39, 0.29) is 17.0 Å². The second-order valence-corrected chi connectivity index (χ2v) is 19.8. The quantitative estimate of drug-likeness (QED) is 0.0422. The molecule has 0 saturated heterocycles. The number of unbranched alkanes of at least 4 members (excludes halogenated alkanes) is 44. The summed E-state index contributed by atoms with van der Waals surface area (Å²) in [7, 11) is 0. The number of quaternary nitrogens is 1. The molecule has 0 aromatic rings. The largest absolute Gasteiger partial charge is 1.00 e. The smallest absolute Gasteiger partial charge is 0.0786 e. The molecule has 0 aliphatic heterocycles. The second-order valence-electron chi connectivity index (χ2n) is 19.8. The fourth-order valence-electron chi connectivity index (χ4n) is 9.82. The van der Waals surface area contributed by atoms with Gasteiger partial charge in [0.25, 0.3) is 0 Å². The molecule has 0 fully saturated rings. The van der Waals surface area contributed by atoms with Crippen molar-refractivity contribution in [3.63, 3.8) is 0 Å². The predicted molar refractivity (Wildman–Crippen MR) is 264 cm³/mol. The van der Waals surface area contributed by atoms with E-state index in [1.807, 2.05) is 0 Å². The van der Waals surface area contributed by atoms with E-state index in [1.54, 1.807) is 0 Å². The lowest BCUT2D eigenvalue weighted by molar-refractivity contribution is -0.929. The molecule has 0 heterocycles. The SMILES string of the molecule is CCCCCCCCCCCCCC[N+](CCCCCCCCCCCCCC)(CCCCCCCCCCCCCC)CCCCCCCCCCCCCC.[Br-]. The molecule has 0 unspecified atom stereocenters. The summed E-state index contributed by atoms with van der Waals surface area (Å²) in [5, 5.41) is 0. The van der Waals surface area contributed by atoms with Crippen LogP contribution in [0.25, 0.3) is 0 Å². The van der Waals surface area contributed by atoms with Crippen molar-refractivity contribution in [2.45, 2.75) is 336 Å². The molecular formula is C56H116BrN. The molecule has 0 aromatic carbocycles. The van der Waals surface area contributed by atoms with E-state index < -0.39 is 0 Å². The Morgan fingerprint density at radius 3 is 0.379 bits per heavy atom. The molecule has 0 aliphatic carbocycles. The zero-order valence-electron chi connectivity index (χ0n) is 41.6. The van der Waals surface area contributed by atoms with E-state index in [0.717, 1.165) is 0 Å². The molecule has 0 amide bonds. The fraction of sp³-hybridized carbons (Fsp3) is 1.00. The summed E-state index contributed by atoms with van der Waals surface area (Å²) in [4.78, 5) is 0. The van der Waals surface area contributed by atoms with Crippen molar-refractivity contribution in [2.75, 3.05) is 26.2 Å². The Balaban J connectivity index is 0. The second kappa shape index (κ2) is 53.6. The Kier molecular flexibility index (Phi) is 55.9. The summed E-state index contributed by atoms with van der Waals surface area (Å²) in [6.07, 6.45) is 70.7. The topological polar surface area (TPSA) is 0 Å². The van der Waals surface area contributed by atoms with Crippen LogP contribution >= 0.6 is 0 Å². The van der Waals surface area contributed by atoms with Crippen LogP contribution in [0.4, 0.5) is 0 Å². The van der Waals surface area contributed by atoms with Gasteiger partial charge >= 0.3 is 0 Å². The number of nitrogens with zero attached hydrogens (tertiary/aromatic N) is 1. The molecule has 0 saturated carbocycles. The van der Waals surface area contributed by atoms with E-state index in [0.29, 0.717) is 0 Å². The summed E-state index contributed by atoms with van der Waals surface area (Å²) in [6.45, 7) is 15.3. The molecule has 58 heavy (non-hydrogen) atoms. The molecule has 0 atom stereocenters. The van der Waals surface area contributed by atoms with Crippen molar-refractivity contribution in [3.05, 3.63) is 0 Å². The molecule has 0 radical (unpaired) electrons. The average molecular weight is 883 g/mol. The first-order valence-corrected chi connectivity index (χ1v) is 28.1. The Morgan fingerprint density at radius 1 is 0.155 bits per heavy atom. The Morgan fingerprint density at radius 2 is 0.259 bits per heavy atom. The zero-order valence-corrected chi connectivity index (χ0v) is 43.2. The van der Waals surface area contributed by atoms with Gasteiger partial charge in [-0.15, -0.1) is 0 Å². The first-order chi connectivity index (χ1) is 28.2. The minimum atomic E-state index is 0. The van der Waals surface area contributed by atoms with Gasteiger partial charge in [0.1, 0.15) is 0 Å². The van der Waals surface area contributed by atoms with Crippen LogP contribution in [-0.4, -0.2) is 30.7 Å². The Labute approximate surface area is 381 Å². The number of hydrogen-bond acceptors (Lipinski definition) is 0. The van der Waals surface area contributed by atoms with Crippen LogP contribution in [0, 0.1) is 0 Å². The van der Waals surface area contributed by atoms with Gasteiger partial charge in [0.2, 0.25) is 0 Å². The van der Waals surface area contributed by atoms with Crippen molar-refractivity contribution < 1.29 is 21.5 Å². The molecule has 2 heteroatoms. The van der Waals surface area contributed by atoms with Crippen molar-refractivity contribution in [3.8, 4) is 0 Å². The third-order valence-electron chi connectivity index (χ3n) is 13.9. The minimum absolute atomic E-state index is 0. The maximum absolute atomic E-state index is 2.33. The molecule has 0 bridgehead atoms. The molecule has 0 aliphatic rings. The van der Waals surface area contributed by atoms with E-state index >= 15 is 0 Å². The van der Waals surface area contributed by atoms with Crippen molar-refractivity contribution in [1.29, 1.82) is 0 Å². The molecule has 352 valence electrons. The normalized spacial score (nSPS) is 11.8. The van der Waals surface area contributed by atoms with Gasteiger partial charge in [-0.3, -0.25) is 0 Å². The van der Waals surface area contributed by atoms with Crippen LogP contribution in [0.2, 0.25) is 0 Å². The number of halogens is 1. The molecule has 0 rings (SSSR count). The van der Waals surface area contributed by atoms with Crippen LogP contribution < -0.4 is 17.0 Å². The maximum atomic E-state index is 2.33. The molecule has 0 aromatic heterocycles. The van der Waals surface area contributed by atoms with Gasteiger partial charge in [-0.25, -0.2) is 0 Å². The van der Waals surface area contributed by atoms with Crippen molar-refractivity contribution in [1.82, 2.24) is 0 Å². The lowest BCUT2D eigenvalue weighted by atomic mass is 10.0. The summed E-state index contributed by atoms with van der Waals surface area (Å²) >= 11 is 0. The highest BCUT2D eigenvalue weighted by Crippen LogP contribution is 2.22. The van der Waals surface area contributed by atoms with Gasteiger partial charge in [-0.05, 0) is 51.4 Å². The van der Waals surface area contributed by atoms with Crippen LogP contribution in [-0.2, 0) is 0 Å². The molecule has 0 N–H and O–H groups in total. The number of rotatable bonds is 52. The minimum Gasteiger partial charge on any atom is -1.00 e. The number of hydrogen-bond donors (Lipinski definition) is 0. The highest BCUT2D eigenvalue weighted by molar-refractivity contribution is 4.57. The molecular weight excluding hydrogens is 767 g/mol. The predicted octanol–water partition coefficient (Wildman–Crippen LogP) is 17.6. The third kappa shape index (κ3) is 47.5. The summed E-state index contributed by atoms with van der Waals surface area (Å²) < 4.78 is 1.49. The first kappa shape index (κ1) is 60.5. The van der Waals surface area contributed by atoms with Gasteiger partial charge in [0.05, 0.1) is 26.2 Å². The Hall–Kier alpha value is 0.440. The first-order valence-electron chi connectivity index (χ1n) is 28.1. The maximum Gasteiger partial charge on any atom is 0.0786 e. The highest BCUT2D eigenvalue weighted by Gasteiger charge is 2.25.